The Labute approximate surface area is 173 Å². The number of benzene rings is 2. The van der Waals surface area contributed by atoms with Gasteiger partial charge in [-0.05, 0) is 43.3 Å². The number of rotatable bonds is 6. The van der Waals surface area contributed by atoms with E-state index in [2.05, 4.69) is 20.3 Å². The van der Waals surface area contributed by atoms with E-state index in [1.807, 2.05) is 13.0 Å². The molecule has 2 heterocycles. The van der Waals surface area contributed by atoms with Gasteiger partial charge in [0.15, 0.2) is 16.8 Å². The van der Waals surface area contributed by atoms with Crippen molar-refractivity contribution < 1.29 is 13.3 Å². The van der Waals surface area contributed by atoms with Crippen molar-refractivity contribution in [2.75, 3.05) is 0 Å². The number of nitrogens with zero attached hydrogens (tertiary/aromatic N) is 5. The smallest absolute Gasteiger partial charge is 0.258 e. The normalized spacial score (nSPS) is 11.2. The molecule has 0 aliphatic rings. The fraction of sp³-hybridized carbons (Fsp3) is 0.158. The van der Waals surface area contributed by atoms with E-state index in [4.69, 9.17) is 16.1 Å². The van der Waals surface area contributed by atoms with Gasteiger partial charge in [0.2, 0.25) is 0 Å². The van der Waals surface area contributed by atoms with Crippen LogP contribution in [-0.4, -0.2) is 24.9 Å². The molecule has 0 spiro atoms. The summed E-state index contributed by atoms with van der Waals surface area (Å²) >= 11 is 7.31. The Morgan fingerprint density at radius 1 is 1.14 bits per heavy atom. The molecule has 0 amide bonds. The molecule has 6 nitrogen and oxygen atoms in total. The molecular weight excluding hydrogens is 420 g/mol. The van der Waals surface area contributed by atoms with Gasteiger partial charge in [0, 0.05) is 17.1 Å². The lowest BCUT2D eigenvalue weighted by Gasteiger charge is -2.07. The molecule has 0 bridgehead atoms. The van der Waals surface area contributed by atoms with E-state index in [1.54, 1.807) is 22.8 Å². The molecule has 0 aliphatic heterocycles. The summed E-state index contributed by atoms with van der Waals surface area (Å²) in [6, 6.07) is 10.4. The zero-order valence-electron chi connectivity index (χ0n) is 15.1. The second-order valence-electron chi connectivity index (χ2n) is 5.99. The van der Waals surface area contributed by atoms with Crippen molar-refractivity contribution in [3.05, 3.63) is 64.9 Å². The van der Waals surface area contributed by atoms with E-state index in [1.165, 1.54) is 11.8 Å². The van der Waals surface area contributed by atoms with Crippen LogP contribution in [0.1, 0.15) is 12.7 Å². The molecule has 0 saturated heterocycles. The van der Waals surface area contributed by atoms with Gasteiger partial charge >= 0.3 is 0 Å². The molecule has 148 valence electrons. The van der Waals surface area contributed by atoms with E-state index in [0.29, 0.717) is 34.2 Å². The first-order valence-corrected chi connectivity index (χ1v) is 10.0. The fourth-order valence-electron chi connectivity index (χ4n) is 2.73. The predicted molar refractivity (Wildman–Crippen MR) is 105 cm³/mol. The summed E-state index contributed by atoms with van der Waals surface area (Å²) < 4.78 is 34.7. The van der Waals surface area contributed by atoms with Gasteiger partial charge in [-0.15, -0.1) is 10.2 Å². The Morgan fingerprint density at radius 2 is 2.00 bits per heavy atom. The lowest BCUT2D eigenvalue weighted by Crippen LogP contribution is -2.01. The number of thioether (sulfide) groups is 1. The van der Waals surface area contributed by atoms with Crippen LogP contribution >= 0.6 is 23.4 Å². The van der Waals surface area contributed by atoms with Crippen LogP contribution in [0.15, 0.2) is 52.1 Å². The molecular formula is C19H14ClF2N5OS. The van der Waals surface area contributed by atoms with Gasteiger partial charge in [0.25, 0.3) is 5.89 Å². The van der Waals surface area contributed by atoms with Gasteiger partial charge in [0.1, 0.15) is 11.6 Å². The maximum atomic E-state index is 14.1. The molecule has 4 rings (SSSR count). The maximum absolute atomic E-state index is 14.1. The zero-order chi connectivity index (χ0) is 20.4. The summed E-state index contributed by atoms with van der Waals surface area (Å²) in [7, 11) is 0. The molecule has 29 heavy (non-hydrogen) atoms. The van der Waals surface area contributed by atoms with Crippen LogP contribution in [0.2, 0.25) is 5.02 Å². The Balaban J connectivity index is 1.54. The van der Waals surface area contributed by atoms with Crippen LogP contribution in [0.5, 0.6) is 0 Å². The van der Waals surface area contributed by atoms with Crippen LogP contribution in [0.25, 0.3) is 22.8 Å². The quantitative estimate of drug-likeness (QED) is 0.387. The monoisotopic (exact) mass is 433 g/mol. The minimum atomic E-state index is -0.561. The van der Waals surface area contributed by atoms with Crippen molar-refractivity contribution in [2.24, 2.45) is 0 Å². The van der Waals surface area contributed by atoms with Crippen molar-refractivity contribution in [3.63, 3.8) is 0 Å². The minimum absolute atomic E-state index is 0.0639. The summed E-state index contributed by atoms with van der Waals surface area (Å²) in [6.45, 7) is 2.36. The molecule has 0 atom stereocenters. The van der Waals surface area contributed by atoms with Gasteiger partial charge in [-0.1, -0.05) is 34.6 Å². The third kappa shape index (κ3) is 4.15. The molecule has 4 aromatic rings. The van der Waals surface area contributed by atoms with Crippen molar-refractivity contribution in [2.45, 2.75) is 24.4 Å². The second kappa shape index (κ2) is 8.30. The Bertz CT molecular complexity index is 1160. The first-order valence-electron chi connectivity index (χ1n) is 8.65. The lowest BCUT2D eigenvalue weighted by molar-refractivity contribution is 0.425. The van der Waals surface area contributed by atoms with E-state index in [0.717, 1.165) is 23.8 Å². The maximum Gasteiger partial charge on any atom is 0.258 e. The summed E-state index contributed by atoms with van der Waals surface area (Å²) in [6.07, 6.45) is 0. The number of halogens is 3. The van der Waals surface area contributed by atoms with E-state index < -0.39 is 11.6 Å². The van der Waals surface area contributed by atoms with Crippen molar-refractivity contribution >= 4 is 23.4 Å². The molecule has 0 radical (unpaired) electrons. The summed E-state index contributed by atoms with van der Waals surface area (Å²) in [5.41, 5.74) is 0.788. The molecule has 0 aliphatic carbocycles. The number of aromatic nitrogens is 5. The van der Waals surface area contributed by atoms with Crippen molar-refractivity contribution in [3.8, 4) is 22.8 Å². The highest BCUT2D eigenvalue weighted by Gasteiger charge is 2.18. The molecule has 0 fully saturated rings. The molecule has 0 saturated carbocycles. The number of hydrogen-bond donors (Lipinski definition) is 0. The van der Waals surface area contributed by atoms with Gasteiger partial charge < -0.3 is 9.09 Å². The zero-order valence-corrected chi connectivity index (χ0v) is 16.7. The van der Waals surface area contributed by atoms with E-state index in [-0.39, 0.29) is 11.4 Å². The van der Waals surface area contributed by atoms with Crippen LogP contribution in [0, 0.1) is 11.6 Å². The van der Waals surface area contributed by atoms with Crippen LogP contribution < -0.4 is 0 Å². The number of hydrogen-bond acceptors (Lipinski definition) is 6. The largest absolute Gasteiger partial charge is 0.334 e. The van der Waals surface area contributed by atoms with Crippen LogP contribution in [0.3, 0.4) is 0 Å². The van der Waals surface area contributed by atoms with Crippen LogP contribution in [0.4, 0.5) is 8.78 Å². The second-order valence-corrected chi connectivity index (χ2v) is 7.37. The highest BCUT2D eigenvalue weighted by Crippen LogP contribution is 2.28. The molecule has 10 heteroatoms. The highest BCUT2D eigenvalue weighted by molar-refractivity contribution is 7.98. The summed E-state index contributed by atoms with van der Waals surface area (Å²) in [4.78, 5) is 4.36. The topological polar surface area (TPSA) is 69.6 Å². The Morgan fingerprint density at radius 3 is 2.79 bits per heavy atom. The first-order chi connectivity index (χ1) is 14.0. The van der Waals surface area contributed by atoms with Crippen molar-refractivity contribution in [1.82, 2.24) is 24.9 Å². The van der Waals surface area contributed by atoms with Gasteiger partial charge in [-0.3, -0.25) is 0 Å². The molecule has 2 aromatic heterocycles. The first kappa shape index (κ1) is 19.5. The molecule has 2 aromatic carbocycles. The fourth-order valence-corrected chi connectivity index (χ4v) is 3.76. The SMILES string of the molecule is CCn1c(SCc2noc(-c3cccc(Cl)c3)n2)nnc1-c1cc(F)ccc1F. The Hall–Kier alpha value is -2.78. The minimum Gasteiger partial charge on any atom is -0.334 e. The predicted octanol–water partition coefficient (Wildman–Crippen LogP) is 5.24. The van der Waals surface area contributed by atoms with Crippen molar-refractivity contribution in [1.29, 1.82) is 0 Å². The average molecular weight is 434 g/mol. The Kier molecular flexibility index (Phi) is 5.59. The highest BCUT2D eigenvalue weighted by atomic mass is 35.5. The standard InChI is InChI=1S/C19H14ClF2N5OS/c1-2-27-17(14-9-13(21)6-7-15(14)22)24-25-19(27)29-10-16-23-18(28-26-16)11-4-3-5-12(20)8-11/h3-9H,2,10H2,1H3. The van der Waals surface area contributed by atoms with Crippen LogP contribution in [-0.2, 0) is 12.3 Å². The van der Waals surface area contributed by atoms with E-state index >= 15 is 0 Å². The third-order valence-corrected chi connectivity index (χ3v) is 5.27. The molecule has 0 unspecified atom stereocenters. The lowest BCUT2D eigenvalue weighted by atomic mass is 10.2. The van der Waals surface area contributed by atoms with Gasteiger partial charge in [0.05, 0.1) is 11.3 Å². The summed E-state index contributed by atoms with van der Waals surface area (Å²) in [5.74, 6) is 0.362. The summed E-state index contributed by atoms with van der Waals surface area (Å²) in [5, 5.41) is 13.2. The average Bonchev–Trinajstić information content (AvgIpc) is 3.35. The van der Waals surface area contributed by atoms with E-state index in [9.17, 15) is 8.78 Å². The van der Waals surface area contributed by atoms with Gasteiger partial charge in [-0.25, -0.2) is 8.78 Å². The van der Waals surface area contributed by atoms with Gasteiger partial charge in [-0.2, -0.15) is 4.98 Å². The third-order valence-electron chi connectivity index (χ3n) is 4.07. The molecule has 0 N–H and O–H groups in total.